The van der Waals surface area contributed by atoms with Crippen LogP contribution in [-0.4, -0.2) is 36.2 Å². The molecule has 0 radical (unpaired) electrons. The maximum absolute atomic E-state index is 12.5. The van der Waals surface area contributed by atoms with Crippen LogP contribution in [0.3, 0.4) is 0 Å². The molecule has 0 aliphatic carbocycles. The second-order valence-electron chi connectivity index (χ2n) is 6.02. The number of aromatic amines is 1. The fourth-order valence-electron chi connectivity index (χ4n) is 3.04. The van der Waals surface area contributed by atoms with Gasteiger partial charge in [0.1, 0.15) is 5.82 Å². The smallest absolute Gasteiger partial charge is 0.255 e. The highest BCUT2D eigenvalue weighted by molar-refractivity contribution is 5.54. The largest absolute Gasteiger partial charge is 0.306 e. The van der Waals surface area contributed by atoms with Crippen LogP contribution in [0.25, 0.3) is 11.4 Å². The zero-order valence-electron chi connectivity index (χ0n) is 13.4. The normalized spacial score (nSPS) is 14.5. The third-order valence-corrected chi connectivity index (χ3v) is 4.26. The molecule has 1 aliphatic rings. The quantitative estimate of drug-likeness (QED) is 0.782. The zero-order valence-corrected chi connectivity index (χ0v) is 13.4. The third kappa shape index (κ3) is 2.85. The molecular weight excluding hydrogens is 304 g/mol. The van der Waals surface area contributed by atoms with Crippen molar-refractivity contribution in [2.75, 3.05) is 6.54 Å². The van der Waals surface area contributed by atoms with Crippen LogP contribution >= 0.6 is 0 Å². The van der Waals surface area contributed by atoms with Crippen LogP contribution in [-0.2, 0) is 26.6 Å². The van der Waals surface area contributed by atoms with Gasteiger partial charge in [-0.25, -0.2) is 4.98 Å². The summed E-state index contributed by atoms with van der Waals surface area (Å²) in [6, 6.07) is 5.70. The van der Waals surface area contributed by atoms with E-state index in [1.807, 2.05) is 31.4 Å². The van der Waals surface area contributed by atoms with E-state index in [9.17, 15) is 4.79 Å². The Hall–Kier alpha value is -2.80. The molecule has 4 rings (SSSR count). The molecule has 0 saturated heterocycles. The predicted octanol–water partition coefficient (Wildman–Crippen LogP) is 1.12. The molecule has 24 heavy (non-hydrogen) atoms. The Morgan fingerprint density at radius 2 is 2.08 bits per heavy atom. The SMILES string of the molecule is Cn1ccc(CN2CCc3nc(-c4ccncc4)[nH]c(=O)c3C2)n1. The molecule has 4 heterocycles. The summed E-state index contributed by atoms with van der Waals surface area (Å²) in [5, 5.41) is 4.40. The minimum atomic E-state index is -0.0578. The average Bonchev–Trinajstić information content (AvgIpc) is 3.01. The number of hydrogen-bond donors (Lipinski definition) is 1. The molecule has 122 valence electrons. The first-order valence-corrected chi connectivity index (χ1v) is 7.92. The second kappa shape index (κ2) is 6.01. The monoisotopic (exact) mass is 322 g/mol. The summed E-state index contributed by atoms with van der Waals surface area (Å²) >= 11 is 0. The lowest BCUT2D eigenvalue weighted by atomic mass is 10.1. The lowest BCUT2D eigenvalue weighted by Gasteiger charge is -2.27. The zero-order chi connectivity index (χ0) is 16.5. The summed E-state index contributed by atoms with van der Waals surface area (Å²) in [5.41, 5.74) is 3.48. The number of nitrogens with zero attached hydrogens (tertiary/aromatic N) is 5. The number of aryl methyl sites for hydroxylation is 1. The minimum Gasteiger partial charge on any atom is -0.306 e. The molecule has 0 fully saturated rings. The first-order chi connectivity index (χ1) is 11.7. The molecule has 0 spiro atoms. The number of aromatic nitrogens is 5. The predicted molar refractivity (Wildman–Crippen MR) is 89.1 cm³/mol. The van der Waals surface area contributed by atoms with Crippen molar-refractivity contribution in [1.29, 1.82) is 0 Å². The molecule has 1 aliphatic heterocycles. The number of fused-ring (bicyclic) bond motifs is 1. The van der Waals surface area contributed by atoms with Crippen molar-refractivity contribution < 1.29 is 0 Å². The Morgan fingerprint density at radius 3 is 2.83 bits per heavy atom. The average molecular weight is 322 g/mol. The van der Waals surface area contributed by atoms with Crippen LogP contribution in [0.15, 0.2) is 41.6 Å². The Kier molecular flexibility index (Phi) is 3.70. The number of nitrogens with one attached hydrogen (secondary N) is 1. The molecule has 0 saturated carbocycles. The van der Waals surface area contributed by atoms with Crippen molar-refractivity contribution in [2.24, 2.45) is 7.05 Å². The highest BCUT2D eigenvalue weighted by Crippen LogP contribution is 2.19. The highest BCUT2D eigenvalue weighted by atomic mass is 16.1. The summed E-state index contributed by atoms with van der Waals surface area (Å²) in [6.07, 6.45) is 6.10. The van der Waals surface area contributed by atoms with E-state index < -0.39 is 0 Å². The van der Waals surface area contributed by atoms with Gasteiger partial charge >= 0.3 is 0 Å². The van der Waals surface area contributed by atoms with Gasteiger partial charge in [-0.15, -0.1) is 0 Å². The summed E-state index contributed by atoms with van der Waals surface area (Å²) < 4.78 is 1.79. The van der Waals surface area contributed by atoms with Crippen LogP contribution in [0, 0.1) is 0 Å². The molecule has 0 aromatic carbocycles. The molecule has 0 bridgehead atoms. The van der Waals surface area contributed by atoms with Crippen molar-refractivity contribution in [3.8, 4) is 11.4 Å². The fourth-order valence-corrected chi connectivity index (χ4v) is 3.04. The van der Waals surface area contributed by atoms with Crippen LogP contribution in [0.4, 0.5) is 0 Å². The first-order valence-electron chi connectivity index (χ1n) is 7.92. The van der Waals surface area contributed by atoms with Gasteiger partial charge in [0, 0.05) is 57.3 Å². The van der Waals surface area contributed by atoms with E-state index in [4.69, 9.17) is 0 Å². The van der Waals surface area contributed by atoms with Crippen molar-refractivity contribution >= 4 is 0 Å². The molecule has 3 aromatic heterocycles. The molecule has 0 unspecified atom stereocenters. The van der Waals surface area contributed by atoms with Crippen LogP contribution in [0.2, 0.25) is 0 Å². The summed E-state index contributed by atoms with van der Waals surface area (Å²) in [6.45, 7) is 2.21. The molecule has 3 aromatic rings. The van der Waals surface area contributed by atoms with Gasteiger partial charge in [0.05, 0.1) is 17.0 Å². The summed E-state index contributed by atoms with van der Waals surface area (Å²) in [4.78, 5) is 26.3. The van der Waals surface area contributed by atoms with Crippen LogP contribution in [0.5, 0.6) is 0 Å². The number of pyridine rings is 1. The van der Waals surface area contributed by atoms with Gasteiger partial charge in [-0.3, -0.25) is 19.4 Å². The van der Waals surface area contributed by atoms with E-state index >= 15 is 0 Å². The van der Waals surface area contributed by atoms with Crippen molar-refractivity contribution in [2.45, 2.75) is 19.5 Å². The lowest BCUT2D eigenvalue weighted by molar-refractivity contribution is 0.238. The molecular formula is C17H18N6O. The Balaban J connectivity index is 1.59. The van der Waals surface area contributed by atoms with Gasteiger partial charge in [0.25, 0.3) is 5.56 Å². The Bertz CT molecular complexity index is 914. The van der Waals surface area contributed by atoms with E-state index in [0.717, 1.165) is 42.0 Å². The molecule has 0 atom stereocenters. The maximum atomic E-state index is 12.5. The van der Waals surface area contributed by atoms with Crippen molar-refractivity contribution in [3.63, 3.8) is 0 Å². The maximum Gasteiger partial charge on any atom is 0.255 e. The summed E-state index contributed by atoms with van der Waals surface area (Å²) in [7, 11) is 1.91. The summed E-state index contributed by atoms with van der Waals surface area (Å²) in [5.74, 6) is 0.610. The van der Waals surface area contributed by atoms with Crippen molar-refractivity contribution in [3.05, 3.63) is 64.1 Å². The van der Waals surface area contributed by atoms with Crippen LogP contribution in [0.1, 0.15) is 17.0 Å². The minimum absolute atomic E-state index is 0.0578. The van der Waals surface area contributed by atoms with E-state index in [1.54, 1.807) is 17.1 Å². The Labute approximate surface area is 139 Å². The first kappa shape index (κ1) is 14.8. The van der Waals surface area contributed by atoms with Gasteiger partial charge in [-0.2, -0.15) is 5.10 Å². The van der Waals surface area contributed by atoms with E-state index in [2.05, 4.69) is 25.0 Å². The van der Waals surface area contributed by atoms with E-state index in [1.165, 1.54) is 0 Å². The van der Waals surface area contributed by atoms with Gasteiger partial charge in [-0.1, -0.05) is 0 Å². The van der Waals surface area contributed by atoms with E-state index in [-0.39, 0.29) is 5.56 Å². The van der Waals surface area contributed by atoms with Gasteiger partial charge in [0.15, 0.2) is 0 Å². The number of H-pyrrole nitrogens is 1. The van der Waals surface area contributed by atoms with Crippen molar-refractivity contribution in [1.82, 2.24) is 29.6 Å². The third-order valence-electron chi connectivity index (χ3n) is 4.26. The number of hydrogen-bond acceptors (Lipinski definition) is 5. The highest BCUT2D eigenvalue weighted by Gasteiger charge is 2.22. The van der Waals surface area contributed by atoms with Gasteiger partial charge in [-0.05, 0) is 18.2 Å². The second-order valence-corrected chi connectivity index (χ2v) is 6.02. The van der Waals surface area contributed by atoms with Gasteiger partial charge < -0.3 is 4.98 Å². The molecule has 7 nitrogen and oxygen atoms in total. The lowest BCUT2D eigenvalue weighted by Crippen LogP contribution is -2.35. The molecule has 0 amide bonds. The Morgan fingerprint density at radius 1 is 1.25 bits per heavy atom. The van der Waals surface area contributed by atoms with E-state index in [0.29, 0.717) is 12.4 Å². The standard InChI is InChI=1S/C17H18N6O/c1-22-8-4-13(21-22)10-23-9-5-15-14(11-23)17(24)20-16(19-15)12-2-6-18-7-3-12/h2-4,6-8H,5,9-11H2,1H3,(H,19,20,24). The molecule has 1 N–H and O–H groups in total. The fraction of sp³-hybridized carbons (Fsp3) is 0.294. The number of rotatable bonds is 3. The molecule has 7 heteroatoms. The van der Waals surface area contributed by atoms with Gasteiger partial charge in [0.2, 0.25) is 0 Å². The topological polar surface area (TPSA) is 79.7 Å². The van der Waals surface area contributed by atoms with Crippen LogP contribution < -0.4 is 5.56 Å².